The minimum atomic E-state index is -3.62. The number of piperidine rings is 1. The summed E-state index contributed by atoms with van der Waals surface area (Å²) < 4.78 is 54.7. The number of sulfonamides is 1. The third-order valence-corrected chi connectivity index (χ3v) is 8.04. The fraction of sp³-hybridized carbons (Fsp3) is 0.300. The molecule has 0 saturated carbocycles. The van der Waals surface area contributed by atoms with Crippen molar-refractivity contribution in [3.63, 3.8) is 0 Å². The van der Waals surface area contributed by atoms with Gasteiger partial charge in [-0.2, -0.15) is 4.31 Å². The molecule has 30 heavy (non-hydrogen) atoms. The van der Waals surface area contributed by atoms with E-state index in [1.54, 1.807) is 0 Å². The van der Waals surface area contributed by atoms with Crippen molar-refractivity contribution in [1.29, 1.82) is 0 Å². The molecule has 0 aliphatic carbocycles. The molecular formula is C20H19F2N3O3S2. The lowest BCUT2D eigenvalue weighted by Crippen LogP contribution is -2.41. The lowest BCUT2D eigenvalue weighted by molar-refractivity contribution is 0.102. The fourth-order valence-corrected chi connectivity index (χ4v) is 6.12. The summed E-state index contributed by atoms with van der Waals surface area (Å²) in [4.78, 5) is 16.6. The molecule has 1 saturated heterocycles. The summed E-state index contributed by atoms with van der Waals surface area (Å²) in [6.07, 6.45) is 2.66. The molecule has 0 unspecified atom stereocenters. The molecule has 1 aliphatic heterocycles. The minimum absolute atomic E-state index is 0.0196. The van der Waals surface area contributed by atoms with E-state index in [0.29, 0.717) is 6.54 Å². The predicted octanol–water partition coefficient (Wildman–Crippen LogP) is 4.39. The maximum atomic E-state index is 13.8. The van der Waals surface area contributed by atoms with E-state index in [9.17, 15) is 22.0 Å². The highest BCUT2D eigenvalue weighted by Gasteiger charge is 2.31. The van der Waals surface area contributed by atoms with Gasteiger partial charge < -0.3 is 0 Å². The molecule has 2 heterocycles. The highest BCUT2D eigenvalue weighted by Crippen LogP contribution is 2.29. The number of amides is 1. The number of nitrogens with one attached hydrogen (secondary N) is 1. The molecule has 0 bridgehead atoms. The second-order valence-electron chi connectivity index (χ2n) is 7.19. The number of anilines is 1. The number of hydrogen-bond acceptors (Lipinski definition) is 5. The van der Waals surface area contributed by atoms with Crippen LogP contribution in [0.3, 0.4) is 0 Å². The zero-order chi connectivity index (χ0) is 21.5. The number of thiazole rings is 1. The van der Waals surface area contributed by atoms with Crippen molar-refractivity contribution in [2.24, 2.45) is 0 Å². The molecule has 2 aromatic carbocycles. The third-order valence-electron chi connectivity index (χ3n) is 5.10. The molecule has 0 spiro atoms. The lowest BCUT2D eigenvalue weighted by atomic mass is 10.1. The molecule has 1 amide bonds. The Morgan fingerprint density at radius 3 is 2.63 bits per heavy atom. The first-order chi connectivity index (χ1) is 14.3. The van der Waals surface area contributed by atoms with E-state index in [0.717, 1.165) is 42.7 Å². The zero-order valence-electron chi connectivity index (χ0n) is 16.1. The van der Waals surface area contributed by atoms with E-state index in [-0.39, 0.29) is 31.8 Å². The maximum absolute atomic E-state index is 13.8. The number of hydrogen-bond donors (Lipinski definition) is 1. The summed E-state index contributed by atoms with van der Waals surface area (Å²) in [6.45, 7) is 2.38. The van der Waals surface area contributed by atoms with Gasteiger partial charge in [-0.05, 0) is 50.1 Å². The van der Waals surface area contributed by atoms with E-state index in [2.05, 4.69) is 10.3 Å². The molecule has 1 aliphatic rings. The van der Waals surface area contributed by atoms with Crippen molar-refractivity contribution < 1.29 is 22.0 Å². The van der Waals surface area contributed by atoms with Crippen LogP contribution in [-0.2, 0) is 10.0 Å². The van der Waals surface area contributed by atoms with Gasteiger partial charge in [-0.15, -0.1) is 0 Å². The highest BCUT2D eigenvalue weighted by molar-refractivity contribution is 7.89. The first-order valence-corrected chi connectivity index (χ1v) is 11.7. The van der Waals surface area contributed by atoms with Crippen LogP contribution < -0.4 is 5.32 Å². The van der Waals surface area contributed by atoms with Crippen molar-refractivity contribution in [2.75, 3.05) is 11.9 Å². The monoisotopic (exact) mass is 451 g/mol. The van der Waals surface area contributed by atoms with Gasteiger partial charge in [0.25, 0.3) is 5.91 Å². The number of carbonyl (C=O) groups is 1. The minimum Gasteiger partial charge on any atom is -0.298 e. The summed E-state index contributed by atoms with van der Waals surface area (Å²) in [7, 11) is -3.62. The van der Waals surface area contributed by atoms with Crippen LogP contribution in [0, 0.1) is 11.6 Å². The number of carbonyl (C=O) groups excluding carboxylic acids is 1. The number of nitrogens with zero attached hydrogens (tertiary/aromatic N) is 2. The Bertz CT molecular complexity index is 1210. The molecular weight excluding hydrogens is 432 g/mol. The molecule has 1 N–H and O–H groups in total. The van der Waals surface area contributed by atoms with Gasteiger partial charge in [0, 0.05) is 24.2 Å². The van der Waals surface area contributed by atoms with Gasteiger partial charge in [0.1, 0.15) is 11.3 Å². The van der Waals surface area contributed by atoms with Crippen LogP contribution in [0.15, 0.2) is 41.3 Å². The Labute approximate surface area is 176 Å². The predicted molar refractivity (Wildman–Crippen MR) is 111 cm³/mol. The molecule has 3 aromatic rings. The van der Waals surface area contributed by atoms with Crippen molar-refractivity contribution in [1.82, 2.24) is 9.29 Å². The van der Waals surface area contributed by atoms with Gasteiger partial charge in [0.2, 0.25) is 10.0 Å². The molecule has 4 rings (SSSR count). The average Bonchev–Trinajstić information content (AvgIpc) is 3.11. The van der Waals surface area contributed by atoms with Crippen LogP contribution in [0.2, 0.25) is 0 Å². The maximum Gasteiger partial charge on any atom is 0.257 e. The van der Waals surface area contributed by atoms with Crippen molar-refractivity contribution in [2.45, 2.75) is 37.1 Å². The second kappa shape index (κ2) is 8.01. The summed E-state index contributed by atoms with van der Waals surface area (Å²) >= 11 is 0.949. The van der Waals surface area contributed by atoms with E-state index < -0.39 is 27.6 Å². The largest absolute Gasteiger partial charge is 0.298 e. The summed E-state index contributed by atoms with van der Waals surface area (Å²) in [5, 5.41) is 2.67. The molecule has 6 nitrogen and oxygen atoms in total. The quantitative estimate of drug-likeness (QED) is 0.638. The van der Waals surface area contributed by atoms with Crippen LogP contribution in [0.25, 0.3) is 10.2 Å². The van der Waals surface area contributed by atoms with Crippen molar-refractivity contribution in [3.05, 3.63) is 53.6 Å². The van der Waals surface area contributed by atoms with Crippen LogP contribution in [-0.4, -0.2) is 36.2 Å². The van der Waals surface area contributed by atoms with Gasteiger partial charge in [0.05, 0.1) is 9.60 Å². The lowest BCUT2D eigenvalue weighted by Gasteiger charge is -2.32. The number of benzene rings is 2. The number of rotatable bonds is 4. The van der Waals surface area contributed by atoms with Crippen LogP contribution in [0.5, 0.6) is 0 Å². The Morgan fingerprint density at radius 1 is 1.20 bits per heavy atom. The van der Waals surface area contributed by atoms with Gasteiger partial charge in [-0.3, -0.25) is 10.1 Å². The smallest absolute Gasteiger partial charge is 0.257 e. The van der Waals surface area contributed by atoms with E-state index in [4.69, 9.17) is 0 Å². The summed E-state index contributed by atoms with van der Waals surface area (Å²) in [5.41, 5.74) is 0.209. The average molecular weight is 452 g/mol. The summed E-state index contributed by atoms with van der Waals surface area (Å²) in [5.74, 6) is -2.05. The van der Waals surface area contributed by atoms with Crippen LogP contribution >= 0.6 is 11.3 Å². The number of fused-ring (bicyclic) bond motifs is 1. The molecule has 1 atom stereocenters. The highest BCUT2D eigenvalue weighted by atomic mass is 32.2. The Balaban J connectivity index is 1.52. The molecule has 10 heteroatoms. The van der Waals surface area contributed by atoms with Gasteiger partial charge in [-0.25, -0.2) is 22.2 Å². The van der Waals surface area contributed by atoms with E-state index >= 15 is 0 Å². The van der Waals surface area contributed by atoms with Crippen molar-refractivity contribution >= 4 is 42.6 Å². The van der Waals surface area contributed by atoms with Crippen LogP contribution in [0.4, 0.5) is 13.9 Å². The third kappa shape index (κ3) is 3.94. The first kappa shape index (κ1) is 20.8. The molecule has 158 valence electrons. The Hall–Kier alpha value is -2.43. The van der Waals surface area contributed by atoms with Gasteiger partial charge in [-0.1, -0.05) is 17.8 Å². The SMILES string of the molecule is C[C@H]1CCCCN1S(=O)(=O)c1ccc(C(=O)Nc2nc3c(F)cc(F)cc3s2)cc1. The first-order valence-electron chi connectivity index (χ1n) is 9.44. The van der Waals surface area contributed by atoms with Crippen LogP contribution in [0.1, 0.15) is 36.5 Å². The summed E-state index contributed by atoms with van der Waals surface area (Å²) in [6, 6.07) is 7.46. The van der Waals surface area contributed by atoms with Gasteiger partial charge >= 0.3 is 0 Å². The molecule has 1 fully saturated rings. The molecule has 1 aromatic heterocycles. The van der Waals surface area contributed by atoms with Gasteiger partial charge in [0.15, 0.2) is 10.9 Å². The Kier molecular flexibility index (Phi) is 5.56. The Morgan fingerprint density at radius 2 is 1.93 bits per heavy atom. The van der Waals surface area contributed by atoms with Crippen molar-refractivity contribution in [3.8, 4) is 0 Å². The number of aromatic nitrogens is 1. The second-order valence-corrected chi connectivity index (χ2v) is 10.1. The topological polar surface area (TPSA) is 79.4 Å². The van der Waals surface area contributed by atoms with E-state index in [1.165, 1.54) is 28.6 Å². The number of halogens is 2. The standard InChI is InChI=1S/C20H19F2N3O3S2/c1-12-4-2-3-9-25(12)30(27,28)15-7-5-13(6-8-15)19(26)24-20-23-18-16(22)10-14(21)11-17(18)29-20/h5-8,10-12H,2-4,9H2,1H3,(H,23,24,26)/t12-/m0/s1. The normalized spacial score (nSPS) is 17.9. The zero-order valence-corrected chi connectivity index (χ0v) is 17.7. The fourth-order valence-electron chi connectivity index (χ4n) is 3.52. The van der Waals surface area contributed by atoms with E-state index in [1.807, 2.05) is 6.92 Å². The molecule has 0 radical (unpaired) electrons.